The molecule has 3 heteroatoms. The second kappa shape index (κ2) is 5.82. The standard InChI is InChI=1S/C14H14BrNO/c1-2-3-11-4-6-13(7-5-11)17-14-8-12(15)9-16-10-14/h4-10H,2-3H2,1H3. The van der Waals surface area contributed by atoms with Crippen LogP contribution >= 0.6 is 15.9 Å². The van der Waals surface area contributed by atoms with E-state index in [0.29, 0.717) is 0 Å². The van der Waals surface area contributed by atoms with E-state index in [1.54, 1.807) is 12.4 Å². The van der Waals surface area contributed by atoms with E-state index >= 15 is 0 Å². The lowest BCUT2D eigenvalue weighted by Crippen LogP contribution is -1.87. The van der Waals surface area contributed by atoms with E-state index in [4.69, 9.17) is 4.74 Å². The highest BCUT2D eigenvalue weighted by Gasteiger charge is 1.99. The number of halogens is 1. The summed E-state index contributed by atoms with van der Waals surface area (Å²) < 4.78 is 6.61. The molecule has 0 N–H and O–H groups in total. The average Bonchev–Trinajstić information content (AvgIpc) is 2.32. The lowest BCUT2D eigenvalue weighted by molar-refractivity contribution is 0.479. The summed E-state index contributed by atoms with van der Waals surface area (Å²) in [6.45, 7) is 2.18. The van der Waals surface area contributed by atoms with Gasteiger partial charge in [-0.15, -0.1) is 0 Å². The Morgan fingerprint density at radius 1 is 1.12 bits per heavy atom. The molecule has 0 amide bonds. The molecule has 88 valence electrons. The number of aryl methyl sites for hydroxylation is 1. The van der Waals surface area contributed by atoms with Crippen molar-refractivity contribution >= 4 is 15.9 Å². The molecular weight excluding hydrogens is 278 g/mol. The minimum atomic E-state index is 0.739. The van der Waals surface area contributed by atoms with Crippen LogP contribution in [0.3, 0.4) is 0 Å². The SMILES string of the molecule is CCCc1ccc(Oc2cncc(Br)c2)cc1. The molecule has 2 nitrogen and oxygen atoms in total. The normalized spacial score (nSPS) is 10.2. The van der Waals surface area contributed by atoms with Crippen LogP contribution < -0.4 is 4.74 Å². The predicted molar refractivity (Wildman–Crippen MR) is 72.4 cm³/mol. The molecule has 1 aromatic carbocycles. The van der Waals surface area contributed by atoms with Crippen molar-refractivity contribution in [2.45, 2.75) is 19.8 Å². The molecule has 0 saturated carbocycles. The number of aromatic nitrogens is 1. The van der Waals surface area contributed by atoms with E-state index in [1.165, 1.54) is 5.56 Å². The van der Waals surface area contributed by atoms with Crippen molar-refractivity contribution < 1.29 is 4.74 Å². The Bertz CT molecular complexity index is 482. The molecule has 0 atom stereocenters. The first-order chi connectivity index (χ1) is 8.28. The molecule has 0 aliphatic heterocycles. The van der Waals surface area contributed by atoms with Gasteiger partial charge in [-0.1, -0.05) is 25.5 Å². The summed E-state index contributed by atoms with van der Waals surface area (Å²) in [6, 6.07) is 10.1. The highest BCUT2D eigenvalue weighted by atomic mass is 79.9. The number of hydrogen-bond donors (Lipinski definition) is 0. The molecule has 1 aromatic heterocycles. The number of benzene rings is 1. The highest BCUT2D eigenvalue weighted by Crippen LogP contribution is 2.23. The fraction of sp³-hybridized carbons (Fsp3) is 0.214. The van der Waals surface area contributed by atoms with Crippen molar-refractivity contribution in [3.8, 4) is 11.5 Å². The first-order valence-electron chi connectivity index (χ1n) is 5.65. The van der Waals surface area contributed by atoms with E-state index in [9.17, 15) is 0 Å². The Kier molecular flexibility index (Phi) is 4.15. The smallest absolute Gasteiger partial charge is 0.146 e. The Balaban J connectivity index is 2.08. The lowest BCUT2D eigenvalue weighted by atomic mass is 10.1. The fourth-order valence-electron chi connectivity index (χ4n) is 1.60. The zero-order valence-corrected chi connectivity index (χ0v) is 11.3. The molecule has 0 fully saturated rings. The monoisotopic (exact) mass is 291 g/mol. The van der Waals surface area contributed by atoms with Crippen molar-refractivity contribution in [2.75, 3.05) is 0 Å². The van der Waals surface area contributed by atoms with Crippen LogP contribution in [0.15, 0.2) is 47.2 Å². The van der Waals surface area contributed by atoms with Crippen molar-refractivity contribution in [1.82, 2.24) is 4.98 Å². The molecule has 17 heavy (non-hydrogen) atoms. The van der Waals surface area contributed by atoms with E-state index in [-0.39, 0.29) is 0 Å². The molecule has 0 spiro atoms. The van der Waals surface area contributed by atoms with Crippen molar-refractivity contribution in [3.63, 3.8) is 0 Å². The van der Waals surface area contributed by atoms with Crippen molar-refractivity contribution in [2.24, 2.45) is 0 Å². The summed E-state index contributed by atoms with van der Waals surface area (Å²) in [6.07, 6.45) is 5.70. The van der Waals surface area contributed by atoms with Crippen LogP contribution in [0.25, 0.3) is 0 Å². The van der Waals surface area contributed by atoms with Crippen LogP contribution in [0.1, 0.15) is 18.9 Å². The molecule has 2 aromatic rings. The van der Waals surface area contributed by atoms with Gasteiger partial charge in [0.15, 0.2) is 0 Å². The molecule has 0 bridgehead atoms. The Hall–Kier alpha value is -1.35. The quantitative estimate of drug-likeness (QED) is 0.822. The molecule has 1 heterocycles. The van der Waals surface area contributed by atoms with Gasteiger partial charge in [-0.25, -0.2) is 0 Å². The summed E-state index contributed by atoms with van der Waals surface area (Å²) in [5, 5.41) is 0. The highest BCUT2D eigenvalue weighted by molar-refractivity contribution is 9.10. The predicted octanol–water partition coefficient (Wildman–Crippen LogP) is 4.59. The van der Waals surface area contributed by atoms with Crippen LogP contribution in [0, 0.1) is 0 Å². The summed E-state index contributed by atoms with van der Waals surface area (Å²) in [4.78, 5) is 4.06. The molecule has 2 rings (SSSR count). The molecule has 0 saturated heterocycles. The van der Waals surface area contributed by atoms with Crippen molar-refractivity contribution in [1.29, 1.82) is 0 Å². The molecule has 0 unspecified atom stereocenters. The van der Waals surface area contributed by atoms with E-state index in [1.807, 2.05) is 18.2 Å². The molecule has 0 aliphatic rings. The Labute approximate surface area is 110 Å². The number of pyridine rings is 1. The third-order valence-electron chi connectivity index (χ3n) is 2.38. The van der Waals surface area contributed by atoms with Gasteiger partial charge in [0.1, 0.15) is 11.5 Å². The van der Waals surface area contributed by atoms with E-state index in [2.05, 4.69) is 40.0 Å². The molecular formula is C14H14BrNO. The topological polar surface area (TPSA) is 22.1 Å². The van der Waals surface area contributed by atoms with Crippen LogP contribution in [-0.2, 0) is 6.42 Å². The van der Waals surface area contributed by atoms with Gasteiger partial charge in [-0.2, -0.15) is 0 Å². The zero-order chi connectivity index (χ0) is 12.1. The summed E-state index contributed by atoms with van der Waals surface area (Å²) in [5.74, 6) is 1.58. The first kappa shape index (κ1) is 12.1. The largest absolute Gasteiger partial charge is 0.456 e. The van der Waals surface area contributed by atoms with Gasteiger partial charge in [0.05, 0.1) is 6.20 Å². The number of hydrogen-bond acceptors (Lipinski definition) is 2. The van der Waals surface area contributed by atoms with Gasteiger partial charge >= 0.3 is 0 Å². The second-order valence-electron chi connectivity index (χ2n) is 3.83. The zero-order valence-electron chi connectivity index (χ0n) is 9.69. The van der Waals surface area contributed by atoms with Gasteiger partial charge in [0.25, 0.3) is 0 Å². The first-order valence-corrected chi connectivity index (χ1v) is 6.44. The summed E-state index contributed by atoms with van der Waals surface area (Å²) >= 11 is 3.37. The van der Waals surface area contributed by atoms with Crippen LogP contribution in [0.4, 0.5) is 0 Å². The van der Waals surface area contributed by atoms with Gasteiger partial charge in [-0.3, -0.25) is 4.98 Å². The van der Waals surface area contributed by atoms with Crippen LogP contribution in [0.2, 0.25) is 0 Å². The maximum absolute atomic E-state index is 5.70. The Morgan fingerprint density at radius 3 is 2.53 bits per heavy atom. The van der Waals surface area contributed by atoms with Crippen LogP contribution in [0.5, 0.6) is 11.5 Å². The van der Waals surface area contributed by atoms with Gasteiger partial charge in [0, 0.05) is 10.7 Å². The van der Waals surface area contributed by atoms with Crippen molar-refractivity contribution in [3.05, 3.63) is 52.8 Å². The molecule has 0 radical (unpaired) electrons. The number of rotatable bonds is 4. The maximum Gasteiger partial charge on any atom is 0.146 e. The minimum Gasteiger partial charge on any atom is -0.456 e. The third kappa shape index (κ3) is 3.56. The number of ether oxygens (including phenoxy) is 1. The summed E-state index contributed by atoms with van der Waals surface area (Å²) in [7, 11) is 0. The van der Waals surface area contributed by atoms with Gasteiger partial charge in [-0.05, 0) is 46.1 Å². The Morgan fingerprint density at radius 2 is 1.88 bits per heavy atom. The van der Waals surface area contributed by atoms with Gasteiger partial charge in [0.2, 0.25) is 0 Å². The second-order valence-corrected chi connectivity index (χ2v) is 4.75. The minimum absolute atomic E-state index is 0.739. The fourth-order valence-corrected chi connectivity index (χ4v) is 1.94. The maximum atomic E-state index is 5.70. The summed E-state index contributed by atoms with van der Waals surface area (Å²) in [5.41, 5.74) is 1.34. The third-order valence-corrected chi connectivity index (χ3v) is 2.81. The molecule has 0 aliphatic carbocycles. The van der Waals surface area contributed by atoms with Crippen LogP contribution in [-0.4, -0.2) is 4.98 Å². The van der Waals surface area contributed by atoms with E-state index < -0.39 is 0 Å². The average molecular weight is 292 g/mol. The van der Waals surface area contributed by atoms with E-state index in [0.717, 1.165) is 28.8 Å². The lowest BCUT2D eigenvalue weighted by Gasteiger charge is -2.06. The van der Waals surface area contributed by atoms with Gasteiger partial charge < -0.3 is 4.74 Å². The number of nitrogens with zero attached hydrogens (tertiary/aromatic N) is 1.